The number of carbonyl (C=O) groups excluding carboxylic acids is 2. The summed E-state index contributed by atoms with van der Waals surface area (Å²) in [6, 6.07) is 7.68. The van der Waals surface area contributed by atoms with Crippen LogP contribution in [0.5, 0.6) is 0 Å². The third kappa shape index (κ3) is 7.15. The van der Waals surface area contributed by atoms with E-state index < -0.39 is 0 Å². The first-order valence-corrected chi connectivity index (χ1v) is 9.38. The Labute approximate surface area is 169 Å². The molecule has 0 radical (unpaired) electrons. The summed E-state index contributed by atoms with van der Waals surface area (Å²) in [5, 5.41) is 2.91. The second kappa shape index (κ2) is 9.07. The van der Waals surface area contributed by atoms with Crippen molar-refractivity contribution in [2.75, 3.05) is 18.4 Å². The van der Waals surface area contributed by atoms with E-state index in [1.807, 2.05) is 49.9 Å². The van der Waals surface area contributed by atoms with Gasteiger partial charge in [-0.2, -0.15) is 0 Å². The molecule has 1 unspecified atom stereocenters. The van der Waals surface area contributed by atoms with Crippen LogP contribution in [-0.2, 0) is 16.0 Å². The maximum Gasteiger partial charge on any atom is 0.227 e. The van der Waals surface area contributed by atoms with Crippen molar-refractivity contribution in [1.29, 1.82) is 0 Å². The summed E-state index contributed by atoms with van der Waals surface area (Å²) >= 11 is 0. The Balaban J connectivity index is 0.00000364. The molecule has 5 nitrogen and oxygen atoms in total. The molecule has 0 aromatic heterocycles. The van der Waals surface area contributed by atoms with Crippen LogP contribution in [0.4, 0.5) is 5.69 Å². The van der Waals surface area contributed by atoms with Crippen LogP contribution in [0, 0.1) is 10.8 Å². The van der Waals surface area contributed by atoms with Crippen LogP contribution >= 0.6 is 12.4 Å². The molecule has 0 spiro atoms. The summed E-state index contributed by atoms with van der Waals surface area (Å²) in [6.07, 6.45) is 1.69. The zero-order valence-corrected chi connectivity index (χ0v) is 18.0. The molecule has 6 heteroatoms. The number of anilines is 1. The highest BCUT2D eigenvalue weighted by molar-refractivity contribution is 5.91. The molecule has 3 N–H and O–H groups in total. The van der Waals surface area contributed by atoms with Crippen molar-refractivity contribution in [3.8, 4) is 0 Å². The summed E-state index contributed by atoms with van der Waals surface area (Å²) in [5.74, 6) is 0.141. The van der Waals surface area contributed by atoms with E-state index in [0.29, 0.717) is 19.4 Å². The Bertz CT molecular complexity index is 650. The molecule has 0 aliphatic carbocycles. The van der Waals surface area contributed by atoms with Crippen LogP contribution in [0.25, 0.3) is 0 Å². The van der Waals surface area contributed by atoms with Crippen molar-refractivity contribution in [3.63, 3.8) is 0 Å². The van der Waals surface area contributed by atoms with Crippen LogP contribution in [0.2, 0.25) is 0 Å². The summed E-state index contributed by atoms with van der Waals surface area (Å²) in [4.78, 5) is 26.5. The minimum Gasteiger partial charge on any atom is -0.342 e. The average molecular weight is 396 g/mol. The molecule has 1 saturated heterocycles. The third-order valence-corrected chi connectivity index (χ3v) is 4.95. The lowest BCUT2D eigenvalue weighted by Gasteiger charge is -2.42. The molecule has 1 atom stereocenters. The predicted molar refractivity (Wildman–Crippen MR) is 113 cm³/mol. The highest BCUT2D eigenvalue weighted by Gasteiger charge is 2.35. The van der Waals surface area contributed by atoms with Crippen LogP contribution in [-0.4, -0.2) is 35.8 Å². The quantitative estimate of drug-likeness (QED) is 0.817. The van der Waals surface area contributed by atoms with Crippen molar-refractivity contribution >= 4 is 29.9 Å². The van der Waals surface area contributed by atoms with E-state index in [1.54, 1.807) is 0 Å². The largest absolute Gasteiger partial charge is 0.342 e. The lowest BCUT2D eigenvalue weighted by atomic mass is 9.79. The van der Waals surface area contributed by atoms with Gasteiger partial charge in [-0.15, -0.1) is 12.4 Å². The molecule has 0 saturated carbocycles. The number of carbonyl (C=O) groups is 2. The Kier molecular flexibility index (Phi) is 7.87. The van der Waals surface area contributed by atoms with E-state index in [2.05, 4.69) is 19.2 Å². The molecule has 0 bridgehead atoms. The van der Waals surface area contributed by atoms with Crippen LogP contribution < -0.4 is 11.1 Å². The number of nitrogens with zero attached hydrogens (tertiary/aromatic N) is 1. The fourth-order valence-electron chi connectivity index (χ4n) is 3.27. The summed E-state index contributed by atoms with van der Waals surface area (Å²) in [5.41, 5.74) is 7.78. The SMILES string of the molecule is CC(C)(C)CC(=O)Nc1ccc(CC(=O)N2CCC(N)C(C)(C)C2)cc1.Cl. The minimum atomic E-state index is -0.0465. The lowest BCUT2D eigenvalue weighted by molar-refractivity contribution is -0.133. The summed E-state index contributed by atoms with van der Waals surface area (Å²) in [6.45, 7) is 11.8. The molecule has 1 heterocycles. The molecule has 27 heavy (non-hydrogen) atoms. The Hall–Kier alpha value is -1.59. The fraction of sp³-hybridized carbons (Fsp3) is 0.619. The summed E-state index contributed by atoms with van der Waals surface area (Å²) < 4.78 is 0. The van der Waals surface area contributed by atoms with Crippen LogP contribution in [0.1, 0.15) is 53.0 Å². The summed E-state index contributed by atoms with van der Waals surface area (Å²) in [7, 11) is 0. The topological polar surface area (TPSA) is 75.4 Å². The maximum atomic E-state index is 12.6. The van der Waals surface area contributed by atoms with Gasteiger partial charge < -0.3 is 16.0 Å². The van der Waals surface area contributed by atoms with E-state index in [-0.39, 0.29) is 41.1 Å². The van der Waals surface area contributed by atoms with E-state index in [9.17, 15) is 9.59 Å². The first kappa shape index (κ1) is 23.4. The number of piperidine rings is 1. The fourth-order valence-corrected chi connectivity index (χ4v) is 3.27. The van der Waals surface area contributed by atoms with Crippen molar-refractivity contribution < 1.29 is 9.59 Å². The van der Waals surface area contributed by atoms with Crippen LogP contribution in [0.3, 0.4) is 0 Å². The number of rotatable bonds is 4. The molecule has 1 aromatic carbocycles. The van der Waals surface area contributed by atoms with Gasteiger partial charge in [-0.1, -0.05) is 46.8 Å². The molecular weight excluding hydrogens is 362 g/mol. The number of hydrogen-bond donors (Lipinski definition) is 2. The highest BCUT2D eigenvalue weighted by atomic mass is 35.5. The maximum absolute atomic E-state index is 12.6. The number of nitrogens with one attached hydrogen (secondary N) is 1. The Morgan fingerprint density at radius 1 is 1.22 bits per heavy atom. The monoisotopic (exact) mass is 395 g/mol. The first-order chi connectivity index (χ1) is 12.0. The van der Waals surface area contributed by atoms with Gasteiger partial charge in [0, 0.05) is 31.2 Å². The van der Waals surface area contributed by atoms with Gasteiger partial charge in [0.25, 0.3) is 0 Å². The van der Waals surface area contributed by atoms with E-state index >= 15 is 0 Å². The third-order valence-electron chi connectivity index (χ3n) is 4.95. The second-order valence-corrected chi connectivity index (χ2v) is 9.36. The second-order valence-electron chi connectivity index (χ2n) is 9.36. The van der Waals surface area contributed by atoms with Gasteiger partial charge in [-0.05, 0) is 34.9 Å². The van der Waals surface area contributed by atoms with E-state index in [1.165, 1.54) is 0 Å². The van der Waals surface area contributed by atoms with Gasteiger partial charge in [-0.3, -0.25) is 9.59 Å². The van der Waals surface area contributed by atoms with Crippen molar-refractivity contribution in [2.45, 2.75) is 59.9 Å². The normalized spacial score (nSPS) is 19.2. The van der Waals surface area contributed by atoms with E-state index in [0.717, 1.165) is 24.2 Å². The molecule has 1 aliphatic heterocycles. The van der Waals surface area contributed by atoms with E-state index in [4.69, 9.17) is 5.73 Å². The van der Waals surface area contributed by atoms with Crippen LogP contribution in [0.15, 0.2) is 24.3 Å². The number of likely N-dealkylation sites (tertiary alicyclic amines) is 1. The smallest absolute Gasteiger partial charge is 0.227 e. The standard InChI is InChI=1S/C21H33N3O2.ClH/c1-20(2,3)13-18(25)23-16-8-6-15(7-9-16)12-19(26)24-11-10-17(22)21(4,5)14-24;/h6-9,17H,10-14,22H2,1-5H3,(H,23,25);1H. The number of amides is 2. The number of benzene rings is 1. The minimum absolute atomic E-state index is 0. The molecule has 1 fully saturated rings. The van der Waals surface area contributed by atoms with Crippen molar-refractivity contribution in [1.82, 2.24) is 4.90 Å². The van der Waals surface area contributed by atoms with Crippen molar-refractivity contribution in [3.05, 3.63) is 29.8 Å². The van der Waals surface area contributed by atoms with Gasteiger partial charge in [0.15, 0.2) is 0 Å². The molecule has 2 rings (SSSR count). The highest BCUT2D eigenvalue weighted by Crippen LogP contribution is 2.28. The van der Waals surface area contributed by atoms with Gasteiger partial charge >= 0.3 is 0 Å². The predicted octanol–water partition coefficient (Wildman–Crippen LogP) is 3.61. The zero-order valence-electron chi connectivity index (χ0n) is 17.2. The number of hydrogen-bond acceptors (Lipinski definition) is 3. The molecule has 1 aromatic rings. The average Bonchev–Trinajstić information content (AvgIpc) is 2.50. The molecular formula is C21H34ClN3O2. The molecule has 1 aliphatic rings. The number of halogens is 1. The van der Waals surface area contributed by atoms with Gasteiger partial charge in [-0.25, -0.2) is 0 Å². The van der Waals surface area contributed by atoms with Gasteiger partial charge in [0.05, 0.1) is 6.42 Å². The Morgan fingerprint density at radius 3 is 2.33 bits per heavy atom. The molecule has 152 valence electrons. The first-order valence-electron chi connectivity index (χ1n) is 9.38. The zero-order chi connectivity index (χ0) is 19.5. The van der Waals surface area contributed by atoms with Gasteiger partial charge in [0.1, 0.15) is 0 Å². The van der Waals surface area contributed by atoms with Crippen molar-refractivity contribution in [2.24, 2.45) is 16.6 Å². The number of nitrogens with two attached hydrogens (primary N) is 1. The molecule has 2 amide bonds. The van der Waals surface area contributed by atoms with Gasteiger partial charge in [0.2, 0.25) is 11.8 Å². The lowest BCUT2D eigenvalue weighted by Crippen LogP contribution is -2.54. The Morgan fingerprint density at radius 2 is 1.81 bits per heavy atom.